The van der Waals surface area contributed by atoms with Crippen LogP contribution in [0.5, 0.6) is 0 Å². The van der Waals surface area contributed by atoms with Gasteiger partial charge in [-0.25, -0.2) is 4.57 Å². The quantitative estimate of drug-likeness (QED) is 0.346. The number of nitrogens with two attached hydrogens (primary N) is 2. The minimum atomic E-state index is -4.57. The van der Waals surface area contributed by atoms with Crippen molar-refractivity contribution in [3.8, 4) is 0 Å². The maximum absolute atomic E-state index is 11.1. The Morgan fingerprint density at radius 2 is 2.00 bits per heavy atom. The van der Waals surface area contributed by atoms with Crippen LogP contribution in [0.4, 0.5) is 0 Å². The molecule has 15 heavy (non-hydrogen) atoms. The van der Waals surface area contributed by atoms with Gasteiger partial charge in [0.1, 0.15) is 12.0 Å². The largest absolute Gasteiger partial charge is 0.471 e. The molecule has 6 N–H and O–H groups in total. The topological polar surface area (TPSA) is 136 Å². The lowest BCUT2D eigenvalue weighted by Crippen LogP contribution is -2.25. The van der Waals surface area contributed by atoms with Crippen molar-refractivity contribution in [3.05, 3.63) is 0 Å². The highest BCUT2D eigenvalue weighted by molar-refractivity contribution is 7.46. The fourth-order valence-corrected chi connectivity index (χ4v) is 1.45. The van der Waals surface area contributed by atoms with E-state index < -0.39 is 14.1 Å². The van der Waals surface area contributed by atoms with E-state index in [4.69, 9.17) is 21.3 Å². The Labute approximate surface area is 88.0 Å². The van der Waals surface area contributed by atoms with Crippen LogP contribution in [0.3, 0.4) is 0 Å². The number of Topliss-reactive ketones (excluding diaryl/α,β-unsaturated/α-hetero) is 1. The van der Waals surface area contributed by atoms with Crippen molar-refractivity contribution < 1.29 is 23.7 Å². The van der Waals surface area contributed by atoms with Crippen LogP contribution in [0.15, 0.2) is 0 Å². The number of rotatable bonds is 7. The maximum Gasteiger partial charge on any atom is 0.471 e. The average Bonchev–Trinajstić information content (AvgIpc) is 1.96. The number of carbonyl (C=O) groups is 1. The highest BCUT2D eigenvalue weighted by atomic mass is 31.2. The van der Waals surface area contributed by atoms with Crippen LogP contribution in [-0.2, 0) is 13.9 Å². The molecule has 0 aliphatic rings. The van der Waals surface area contributed by atoms with Gasteiger partial charge in [0.05, 0.1) is 0 Å². The van der Waals surface area contributed by atoms with E-state index in [2.05, 4.69) is 4.52 Å². The second kappa shape index (κ2) is 6.32. The Morgan fingerprint density at radius 1 is 1.47 bits per heavy atom. The number of carbonyl (C=O) groups excluding carboxylic acids is 1. The van der Waals surface area contributed by atoms with Crippen molar-refractivity contribution in [2.24, 2.45) is 11.5 Å². The number of hydrogen-bond donors (Lipinski definition) is 4. The van der Waals surface area contributed by atoms with Gasteiger partial charge in [0, 0.05) is 18.9 Å². The van der Waals surface area contributed by atoms with Gasteiger partial charge >= 0.3 is 7.82 Å². The monoisotopic (exact) mass is 240 g/mol. The fraction of sp³-hybridized carbons (Fsp3) is 0.857. The van der Waals surface area contributed by atoms with Gasteiger partial charge in [-0.1, -0.05) is 0 Å². The van der Waals surface area contributed by atoms with Gasteiger partial charge in [-0.2, -0.15) is 0 Å². The first-order chi connectivity index (χ1) is 6.70. The molecule has 8 heteroatoms. The molecule has 0 aromatic rings. The van der Waals surface area contributed by atoms with E-state index in [0.717, 1.165) is 0 Å². The minimum absolute atomic E-state index is 0.0661. The van der Waals surface area contributed by atoms with Crippen molar-refractivity contribution in [3.63, 3.8) is 0 Å². The molecule has 0 aromatic carbocycles. The second-order valence-electron chi connectivity index (χ2n) is 3.39. The third-order valence-corrected chi connectivity index (χ3v) is 2.08. The van der Waals surface area contributed by atoms with Crippen LogP contribution in [0.2, 0.25) is 0 Å². The van der Waals surface area contributed by atoms with Crippen LogP contribution < -0.4 is 11.5 Å². The molecule has 0 fully saturated rings. The van der Waals surface area contributed by atoms with E-state index in [0.29, 0.717) is 0 Å². The Balaban J connectivity index is 3.76. The van der Waals surface area contributed by atoms with Gasteiger partial charge in [-0.3, -0.25) is 9.32 Å². The lowest BCUT2D eigenvalue weighted by Gasteiger charge is -2.13. The van der Waals surface area contributed by atoms with Crippen LogP contribution in [0, 0.1) is 0 Å². The summed E-state index contributed by atoms with van der Waals surface area (Å²) in [5.41, 5.74) is 10.6. The van der Waals surface area contributed by atoms with E-state index >= 15 is 0 Å². The Kier molecular flexibility index (Phi) is 6.19. The third kappa shape index (κ3) is 9.99. The van der Waals surface area contributed by atoms with Crippen LogP contribution >= 0.6 is 7.82 Å². The van der Waals surface area contributed by atoms with Gasteiger partial charge in [0.15, 0.2) is 0 Å². The molecule has 0 saturated heterocycles. The lowest BCUT2D eigenvalue weighted by molar-refractivity contribution is -0.119. The molecule has 2 atom stereocenters. The van der Waals surface area contributed by atoms with Gasteiger partial charge in [-0.15, -0.1) is 0 Å². The first kappa shape index (κ1) is 14.7. The number of phosphoric acid groups is 1. The Hall–Kier alpha value is -0.300. The van der Waals surface area contributed by atoms with Gasteiger partial charge in [0.25, 0.3) is 0 Å². The molecule has 2 unspecified atom stereocenters. The zero-order valence-corrected chi connectivity index (χ0v) is 9.39. The molecule has 0 saturated carbocycles. The van der Waals surface area contributed by atoms with E-state index in [1.807, 2.05) is 0 Å². The Bertz CT molecular complexity index is 252. The highest BCUT2D eigenvalue weighted by Gasteiger charge is 2.19. The van der Waals surface area contributed by atoms with Crippen molar-refractivity contribution in [1.29, 1.82) is 0 Å². The van der Waals surface area contributed by atoms with Crippen LogP contribution in [0.1, 0.15) is 26.2 Å². The van der Waals surface area contributed by atoms with Crippen molar-refractivity contribution in [2.45, 2.75) is 38.5 Å². The SMILES string of the molecule is CC(N)CC(=O)CCC(N)OP(=O)(O)O. The summed E-state index contributed by atoms with van der Waals surface area (Å²) in [7, 11) is -4.57. The number of ketones is 1. The van der Waals surface area contributed by atoms with Gasteiger partial charge < -0.3 is 21.3 Å². The molecule has 0 bridgehead atoms. The smallest absolute Gasteiger partial charge is 0.328 e. The molecular weight excluding hydrogens is 223 g/mol. The van der Waals surface area contributed by atoms with E-state index in [1.54, 1.807) is 6.92 Å². The molecule has 0 spiro atoms. The van der Waals surface area contributed by atoms with Gasteiger partial charge in [-0.05, 0) is 13.3 Å². The Morgan fingerprint density at radius 3 is 2.40 bits per heavy atom. The molecule has 0 rings (SSSR count). The summed E-state index contributed by atoms with van der Waals surface area (Å²) < 4.78 is 14.5. The average molecular weight is 240 g/mol. The summed E-state index contributed by atoms with van der Waals surface area (Å²) >= 11 is 0. The number of phosphoric ester groups is 1. The molecule has 0 radical (unpaired) electrons. The molecule has 0 heterocycles. The van der Waals surface area contributed by atoms with Crippen LogP contribution in [0.25, 0.3) is 0 Å². The predicted molar refractivity (Wildman–Crippen MR) is 53.6 cm³/mol. The summed E-state index contributed by atoms with van der Waals surface area (Å²) in [5, 5.41) is 0. The third-order valence-electron chi connectivity index (χ3n) is 1.53. The predicted octanol–water partition coefficient (Wildman–Crippen LogP) is -0.533. The maximum atomic E-state index is 11.1. The summed E-state index contributed by atoms with van der Waals surface area (Å²) in [5.74, 6) is -0.102. The standard InChI is InChI=1S/C7H17N2O5P/c1-5(8)4-6(10)2-3-7(9)14-15(11,12)13/h5,7H,2-4,8-9H2,1H3,(H2,11,12,13). The van der Waals surface area contributed by atoms with Crippen molar-refractivity contribution in [1.82, 2.24) is 0 Å². The zero-order chi connectivity index (χ0) is 12.1. The molecule has 0 aromatic heterocycles. The highest BCUT2D eigenvalue weighted by Crippen LogP contribution is 2.37. The zero-order valence-electron chi connectivity index (χ0n) is 8.50. The van der Waals surface area contributed by atoms with E-state index in [-0.39, 0.29) is 31.1 Å². The summed E-state index contributed by atoms with van der Waals surface area (Å²) in [6.45, 7) is 1.70. The summed E-state index contributed by atoms with van der Waals surface area (Å²) in [4.78, 5) is 27.9. The van der Waals surface area contributed by atoms with Crippen molar-refractivity contribution >= 4 is 13.6 Å². The second-order valence-corrected chi connectivity index (χ2v) is 4.59. The summed E-state index contributed by atoms with van der Waals surface area (Å²) in [6.07, 6.45) is -0.745. The molecule has 0 aliphatic carbocycles. The first-order valence-corrected chi connectivity index (χ1v) is 6.00. The van der Waals surface area contributed by atoms with Crippen molar-refractivity contribution in [2.75, 3.05) is 0 Å². The first-order valence-electron chi connectivity index (χ1n) is 4.47. The molecule has 90 valence electrons. The molecule has 0 aliphatic heterocycles. The fourth-order valence-electron chi connectivity index (χ4n) is 0.994. The van der Waals surface area contributed by atoms with Crippen LogP contribution in [-0.4, -0.2) is 27.8 Å². The van der Waals surface area contributed by atoms with E-state index in [9.17, 15) is 9.36 Å². The number of hydrogen-bond acceptors (Lipinski definition) is 5. The molecular formula is C7H17N2O5P. The lowest BCUT2D eigenvalue weighted by atomic mass is 10.1. The molecule has 7 nitrogen and oxygen atoms in total. The summed E-state index contributed by atoms with van der Waals surface area (Å²) in [6, 6.07) is -0.226. The van der Waals surface area contributed by atoms with E-state index in [1.165, 1.54) is 0 Å². The van der Waals surface area contributed by atoms with Gasteiger partial charge in [0.2, 0.25) is 0 Å². The molecule has 0 amide bonds. The normalized spacial score (nSPS) is 16.1. The minimum Gasteiger partial charge on any atom is -0.328 e.